The molecule has 3 heteroatoms. The van der Waals surface area contributed by atoms with Crippen LogP contribution in [-0.2, 0) is 0 Å². The molecule has 3 aromatic carbocycles. The Morgan fingerprint density at radius 2 is 1.23 bits per heavy atom. The van der Waals surface area contributed by atoms with Crippen LogP contribution >= 0.6 is 0 Å². The number of hydrogen-bond acceptors (Lipinski definition) is 0. The summed E-state index contributed by atoms with van der Waals surface area (Å²) >= 11 is 0. The normalized spacial score (nSPS) is 11.6. The highest BCUT2D eigenvalue weighted by molar-refractivity contribution is 5.67. The first-order valence-corrected chi connectivity index (χ1v) is 8.04. The van der Waals surface area contributed by atoms with Gasteiger partial charge in [-0.3, -0.25) is 0 Å². The second kappa shape index (κ2) is 7.76. The zero-order valence-electron chi connectivity index (χ0n) is 13.8. The molecule has 0 atom stereocenters. The van der Waals surface area contributed by atoms with Crippen molar-refractivity contribution in [1.82, 2.24) is 0 Å². The van der Waals surface area contributed by atoms with Crippen molar-refractivity contribution in [2.24, 2.45) is 0 Å². The zero-order chi connectivity index (χ0) is 18.4. The predicted octanol–water partition coefficient (Wildman–Crippen LogP) is 6.35. The fraction of sp³-hybridized carbons (Fsp3) is 0.0435. The number of rotatable bonds is 2. The Labute approximate surface area is 150 Å². The highest BCUT2D eigenvalue weighted by atomic mass is 19.4. The molecule has 0 unspecified atom stereocenters. The van der Waals surface area contributed by atoms with Crippen LogP contribution in [0.2, 0.25) is 0 Å². The molecule has 3 aromatic rings. The van der Waals surface area contributed by atoms with Crippen molar-refractivity contribution in [2.45, 2.75) is 6.18 Å². The quantitative estimate of drug-likeness (QED) is 0.473. The Morgan fingerprint density at radius 1 is 0.692 bits per heavy atom. The molecule has 0 heterocycles. The van der Waals surface area contributed by atoms with Crippen molar-refractivity contribution < 1.29 is 13.2 Å². The van der Waals surface area contributed by atoms with E-state index in [1.165, 1.54) is 0 Å². The van der Waals surface area contributed by atoms with E-state index in [-0.39, 0.29) is 0 Å². The molecule has 0 spiro atoms. The molecule has 0 aromatic heterocycles. The second-order valence-corrected chi connectivity index (χ2v) is 5.66. The van der Waals surface area contributed by atoms with Gasteiger partial charge < -0.3 is 0 Å². The van der Waals surface area contributed by atoms with Crippen LogP contribution in [0, 0.1) is 11.8 Å². The highest BCUT2D eigenvalue weighted by Crippen LogP contribution is 2.28. The first-order chi connectivity index (χ1) is 12.5. The molecule has 0 aliphatic heterocycles. The summed E-state index contributed by atoms with van der Waals surface area (Å²) < 4.78 is 39.8. The third-order valence-corrected chi connectivity index (χ3v) is 3.75. The lowest BCUT2D eigenvalue weighted by molar-refractivity contribution is -0.0863. The minimum absolute atomic E-state index is 0.458. The highest BCUT2D eigenvalue weighted by Gasteiger charge is 2.32. The zero-order valence-corrected chi connectivity index (χ0v) is 13.8. The minimum atomic E-state index is -4.50. The Bertz CT molecular complexity index is 940. The number of hydrogen-bond donors (Lipinski definition) is 0. The summed E-state index contributed by atoms with van der Waals surface area (Å²) in [5, 5.41) is 0. The molecule has 0 N–H and O–H groups in total. The molecule has 0 radical (unpaired) electrons. The number of alkyl halides is 3. The molecule has 3 rings (SSSR count). The van der Waals surface area contributed by atoms with Gasteiger partial charge in [-0.1, -0.05) is 84.6 Å². The molecule has 0 saturated heterocycles. The van der Waals surface area contributed by atoms with E-state index in [9.17, 15) is 13.2 Å². The van der Waals surface area contributed by atoms with E-state index in [0.717, 1.165) is 17.2 Å². The Hall–Kier alpha value is -3.25. The Morgan fingerprint density at radius 3 is 1.81 bits per heavy atom. The van der Waals surface area contributed by atoms with Gasteiger partial charge in [-0.2, -0.15) is 13.2 Å². The molecule has 0 amide bonds. The van der Waals surface area contributed by atoms with Gasteiger partial charge >= 0.3 is 6.18 Å². The van der Waals surface area contributed by atoms with E-state index in [1.807, 2.05) is 30.3 Å². The molecule has 0 aliphatic carbocycles. The van der Waals surface area contributed by atoms with Gasteiger partial charge in [0.25, 0.3) is 0 Å². The lowest BCUT2D eigenvalue weighted by Crippen LogP contribution is -2.10. The van der Waals surface area contributed by atoms with Crippen LogP contribution in [-0.4, -0.2) is 6.18 Å². The molecule has 0 saturated carbocycles. The second-order valence-electron chi connectivity index (χ2n) is 5.66. The fourth-order valence-electron chi connectivity index (χ4n) is 2.42. The minimum Gasteiger partial charge on any atom is -0.165 e. The maximum Gasteiger partial charge on any atom is 0.424 e. The SMILES string of the molecule is FC(F)(F)/C(C#Cc1ccccc1)=C\c1ccc(-c2ccccc2)cc1. The number of benzene rings is 3. The fourth-order valence-corrected chi connectivity index (χ4v) is 2.42. The summed E-state index contributed by atoms with van der Waals surface area (Å²) in [5.41, 5.74) is 2.10. The van der Waals surface area contributed by atoms with Gasteiger partial charge in [0.15, 0.2) is 0 Å². The Balaban J connectivity index is 1.90. The summed E-state index contributed by atoms with van der Waals surface area (Å²) in [6.07, 6.45) is -3.43. The molecule has 0 bridgehead atoms. The first kappa shape index (κ1) is 17.6. The van der Waals surface area contributed by atoms with Crippen LogP contribution in [0.3, 0.4) is 0 Å². The molecule has 0 nitrogen and oxygen atoms in total. The van der Waals surface area contributed by atoms with E-state index in [4.69, 9.17) is 0 Å². The van der Waals surface area contributed by atoms with Crippen LogP contribution in [0.4, 0.5) is 13.2 Å². The molecule has 0 aliphatic rings. The standard InChI is InChI=1S/C23H15F3/c24-23(25,26)22(16-13-18-7-3-1-4-8-18)17-19-11-14-21(15-12-19)20-9-5-2-6-10-20/h1-12,14-15,17H/b22-17-. The van der Waals surface area contributed by atoms with Crippen molar-refractivity contribution in [2.75, 3.05) is 0 Å². The maximum atomic E-state index is 13.3. The van der Waals surface area contributed by atoms with Crippen LogP contribution in [0.5, 0.6) is 0 Å². The first-order valence-electron chi connectivity index (χ1n) is 8.04. The van der Waals surface area contributed by atoms with E-state index in [1.54, 1.807) is 54.6 Å². The molecule has 128 valence electrons. The summed E-state index contributed by atoms with van der Waals surface area (Å²) in [5.74, 6) is 4.83. The third-order valence-electron chi connectivity index (χ3n) is 3.75. The Kier molecular flexibility index (Phi) is 5.24. The molecular formula is C23H15F3. The van der Waals surface area contributed by atoms with Crippen LogP contribution in [0.1, 0.15) is 11.1 Å². The van der Waals surface area contributed by atoms with Crippen molar-refractivity contribution in [3.05, 3.63) is 102 Å². The van der Waals surface area contributed by atoms with Gasteiger partial charge in [-0.25, -0.2) is 0 Å². The van der Waals surface area contributed by atoms with Gasteiger partial charge in [0.2, 0.25) is 0 Å². The topological polar surface area (TPSA) is 0 Å². The largest absolute Gasteiger partial charge is 0.424 e. The molecular weight excluding hydrogens is 333 g/mol. The van der Waals surface area contributed by atoms with E-state index in [2.05, 4.69) is 11.8 Å². The smallest absolute Gasteiger partial charge is 0.165 e. The lowest BCUT2D eigenvalue weighted by Gasteiger charge is -2.06. The van der Waals surface area contributed by atoms with Crippen molar-refractivity contribution >= 4 is 6.08 Å². The number of allylic oxidation sites excluding steroid dienone is 1. The van der Waals surface area contributed by atoms with Crippen LogP contribution < -0.4 is 0 Å². The van der Waals surface area contributed by atoms with Gasteiger partial charge in [0.1, 0.15) is 5.57 Å². The van der Waals surface area contributed by atoms with Crippen LogP contribution in [0.25, 0.3) is 17.2 Å². The van der Waals surface area contributed by atoms with Crippen molar-refractivity contribution in [3.63, 3.8) is 0 Å². The average molecular weight is 348 g/mol. The summed E-state index contributed by atoms with van der Waals surface area (Å²) in [7, 11) is 0. The van der Waals surface area contributed by atoms with Gasteiger partial charge in [-0.05, 0) is 34.9 Å². The maximum absolute atomic E-state index is 13.3. The van der Waals surface area contributed by atoms with Crippen LogP contribution in [0.15, 0.2) is 90.5 Å². The average Bonchev–Trinajstić information content (AvgIpc) is 2.66. The monoisotopic (exact) mass is 348 g/mol. The lowest BCUT2D eigenvalue weighted by atomic mass is 10.0. The third kappa shape index (κ3) is 4.64. The van der Waals surface area contributed by atoms with Crippen molar-refractivity contribution in [3.8, 4) is 23.0 Å². The number of halogens is 3. The summed E-state index contributed by atoms with van der Waals surface area (Å²) in [6, 6.07) is 25.2. The van der Waals surface area contributed by atoms with Gasteiger partial charge in [0.05, 0.1) is 0 Å². The predicted molar refractivity (Wildman–Crippen MR) is 99.2 cm³/mol. The van der Waals surface area contributed by atoms with Crippen molar-refractivity contribution in [1.29, 1.82) is 0 Å². The van der Waals surface area contributed by atoms with E-state index >= 15 is 0 Å². The van der Waals surface area contributed by atoms with E-state index < -0.39 is 11.7 Å². The molecule has 26 heavy (non-hydrogen) atoms. The molecule has 0 fully saturated rings. The van der Waals surface area contributed by atoms with Gasteiger partial charge in [-0.15, -0.1) is 0 Å². The van der Waals surface area contributed by atoms with Gasteiger partial charge in [0, 0.05) is 5.56 Å². The summed E-state index contributed by atoms with van der Waals surface area (Å²) in [6.45, 7) is 0. The summed E-state index contributed by atoms with van der Waals surface area (Å²) in [4.78, 5) is 0. The van der Waals surface area contributed by atoms with E-state index in [0.29, 0.717) is 11.1 Å².